The summed E-state index contributed by atoms with van der Waals surface area (Å²) >= 11 is 0. The second kappa shape index (κ2) is 7.29. The van der Waals surface area contributed by atoms with Crippen LogP contribution in [-0.4, -0.2) is 0 Å². The molecule has 0 nitrogen and oxygen atoms in total. The smallest absolute Gasteiger partial charge is 0.0334 e. The average Bonchev–Trinajstić information content (AvgIpc) is 2.87. The Morgan fingerprint density at radius 1 is 0.324 bits per heavy atom. The fourth-order valence-corrected chi connectivity index (χ4v) is 4.87. The van der Waals surface area contributed by atoms with E-state index < -0.39 is 0 Å². The lowest BCUT2D eigenvalue weighted by Gasteiger charge is -2.04. The van der Waals surface area contributed by atoms with E-state index in [-0.39, 0.29) is 0 Å². The molecular weight excluding hydrogens is 408 g/mol. The topological polar surface area (TPSA) is 0 Å². The summed E-state index contributed by atoms with van der Waals surface area (Å²) in [6.07, 6.45) is 0. The predicted octanol–water partition coefficient (Wildman–Crippen LogP) is 8.53. The molecule has 0 unspecified atom stereocenters. The fraction of sp³-hybridized carbons (Fsp3) is 0. The van der Waals surface area contributed by atoms with E-state index in [9.17, 15) is 0 Å². The average molecular weight is 425 g/mol. The van der Waals surface area contributed by atoms with Crippen molar-refractivity contribution in [3.05, 3.63) is 133 Å². The first-order valence-corrected chi connectivity index (χ1v) is 11.3. The largest absolute Gasteiger partial charge is 0.0610 e. The van der Waals surface area contributed by atoms with Crippen LogP contribution in [0.1, 0.15) is 0 Å². The van der Waals surface area contributed by atoms with Crippen molar-refractivity contribution in [3.63, 3.8) is 0 Å². The van der Waals surface area contributed by atoms with Crippen LogP contribution in [0.2, 0.25) is 0 Å². The van der Waals surface area contributed by atoms with Crippen LogP contribution in [0.5, 0.6) is 0 Å². The van der Waals surface area contributed by atoms with Gasteiger partial charge in [-0.15, -0.1) is 0 Å². The van der Waals surface area contributed by atoms with E-state index in [4.69, 9.17) is 0 Å². The maximum atomic E-state index is 3.47. The van der Waals surface area contributed by atoms with Gasteiger partial charge >= 0.3 is 0 Å². The number of benzene rings is 6. The third-order valence-electron chi connectivity index (χ3n) is 6.55. The minimum absolute atomic E-state index is 0.980. The molecule has 4 bridgehead atoms. The van der Waals surface area contributed by atoms with Crippen LogP contribution < -0.4 is 0 Å². The molecule has 0 heteroatoms. The van der Waals surface area contributed by atoms with Gasteiger partial charge in [-0.25, -0.2) is 0 Å². The highest BCUT2D eigenvalue weighted by atomic mass is 14.1. The van der Waals surface area contributed by atoms with Gasteiger partial charge in [0.25, 0.3) is 0 Å². The van der Waals surface area contributed by atoms with E-state index in [1.807, 2.05) is 0 Å². The summed E-state index contributed by atoms with van der Waals surface area (Å²) in [5, 5.41) is 13.2. The van der Waals surface area contributed by atoms with Crippen molar-refractivity contribution in [2.45, 2.75) is 0 Å². The lowest BCUT2D eigenvalue weighted by atomic mass is 9.99. The van der Waals surface area contributed by atoms with Crippen LogP contribution in [0.4, 0.5) is 0 Å². The standard InChI is InChI=1S/C34H16/c1-2-8-24-10-4-14-28-20-30-16-6-12-26(34(30)22-32(24)28)18-17-25-11-5-15-29-19-27-13-3-9-23(7-1)31(27)21-33(25)29/h3-6,9-16,19-22H. The normalized spacial score (nSPS) is 10.8. The Bertz CT molecular complexity index is 1810. The van der Waals surface area contributed by atoms with Gasteiger partial charge in [-0.1, -0.05) is 72.8 Å². The summed E-state index contributed by atoms with van der Waals surface area (Å²) < 4.78 is 0. The molecule has 0 aliphatic carbocycles. The second-order valence-electron chi connectivity index (χ2n) is 8.56. The van der Waals surface area contributed by atoms with Crippen molar-refractivity contribution < 1.29 is 0 Å². The van der Waals surface area contributed by atoms with Crippen molar-refractivity contribution in [1.29, 1.82) is 0 Å². The number of rotatable bonds is 0. The summed E-state index contributed by atoms with van der Waals surface area (Å²) in [6, 6.07) is 53.8. The molecule has 0 saturated carbocycles. The van der Waals surface area contributed by atoms with E-state index in [0.29, 0.717) is 0 Å². The molecule has 0 spiro atoms. The summed E-state index contributed by atoms with van der Waals surface area (Å²) in [4.78, 5) is 0. The molecule has 0 heterocycles. The van der Waals surface area contributed by atoms with Crippen molar-refractivity contribution in [1.82, 2.24) is 0 Å². The molecule has 0 amide bonds. The minimum Gasteiger partial charge on any atom is -0.0610 e. The molecule has 152 valence electrons. The third-order valence-corrected chi connectivity index (χ3v) is 6.55. The van der Waals surface area contributed by atoms with Crippen LogP contribution in [0.15, 0.2) is 97.1 Å². The lowest BCUT2D eigenvalue weighted by Crippen LogP contribution is -1.78. The van der Waals surface area contributed by atoms with Gasteiger partial charge in [-0.05, 0) is 104 Å². The Hall–Kier alpha value is -4.96. The Balaban J connectivity index is 1.71. The first kappa shape index (κ1) is 18.6. The zero-order valence-electron chi connectivity index (χ0n) is 18.2. The molecule has 0 aliphatic heterocycles. The molecule has 0 fully saturated rings. The highest BCUT2D eigenvalue weighted by Crippen LogP contribution is 2.29. The molecule has 0 N–H and O–H groups in total. The van der Waals surface area contributed by atoms with E-state index in [2.05, 4.69) is 133 Å². The van der Waals surface area contributed by atoms with Gasteiger partial charge in [0.2, 0.25) is 0 Å². The van der Waals surface area contributed by atoms with E-state index in [0.717, 1.165) is 43.1 Å². The van der Waals surface area contributed by atoms with E-state index in [1.54, 1.807) is 0 Å². The molecular formula is C34H16. The van der Waals surface area contributed by atoms with Crippen LogP contribution >= 0.6 is 0 Å². The van der Waals surface area contributed by atoms with Crippen LogP contribution in [0, 0.1) is 36.4 Å². The maximum Gasteiger partial charge on any atom is 0.0334 e. The van der Waals surface area contributed by atoms with Gasteiger partial charge < -0.3 is 0 Å². The molecule has 7 aromatic carbocycles. The molecule has 0 aliphatic rings. The van der Waals surface area contributed by atoms with Crippen molar-refractivity contribution in [2.75, 3.05) is 0 Å². The quantitative estimate of drug-likeness (QED) is 0.214. The van der Waals surface area contributed by atoms with Gasteiger partial charge in [-0.3, -0.25) is 0 Å². The monoisotopic (exact) mass is 424 g/mol. The summed E-state index contributed by atoms with van der Waals surface area (Å²) in [5.41, 5.74) is 0. The Morgan fingerprint density at radius 2 is 0.647 bits per heavy atom. The molecule has 0 aromatic heterocycles. The highest BCUT2D eigenvalue weighted by molar-refractivity contribution is 6.11. The Labute approximate surface area is 198 Å². The van der Waals surface area contributed by atoms with Gasteiger partial charge in [0.1, 0.15) is 0 Å². The highest BCUT2D eigenvalue weighted by Gasteiger charge is 2.03. The summed E-state index contributed by atoms with van der Waals surface area (Å²) in [5.74, 6) is 0. The van der Waals surface area contributed by atoms with Crippen molar-refractivity contribution in [3.8, 4) is 0 Å². The molecule has 7 aromatic rings. The van der Waals surface area contributed by atoms with Gasteiger partial charge in [0, 0.05) is 21.5 Å². The van der Waals surface area contributed by atoms with E-state index >= 15 is 0 Å². The summed E-state index contributed by atoms with van der Waals surface area (Å²) in [6.45, 7) is 0. The number of hydrogen-bond donors (Lipinski definition) is 0. The zero-order valence-corrected chi connectivity index (χ0v) is 18.2. The van der Waals surface area contributed by atoms with Crippen molar-refractivity contribution in [2.24, 2.45) is 0 Å². The number of hydrogen-bond acceptors (Lipinski definition) is 0. The van der Waals surface area contributed by atoms with Crippen molar-refractivity contribution >= 4 is 64.6 Å². The van der Waals surface area contributed by atoms with E-state index in [1.165, 1.54) is 21.5 Å². The maximum absolute atomic E-state index is 3.47. The molecule has 0 radical (unpaired) electrons. The van der Waals surface area contributed by atoms with Gasteiger partial charge in [0.15, 0.2) is 0 Å². The van der Waals surface area contributed by atoms with Gasteiger partial charge in [0.05, 0.1) is 0 Å². The minimum atomic E-state index is 0.980. The van der Waals surface area contributed by atoms with Crippen LogP contribution in [-0.2, 0) is 0 Å². The summed E-state index contributed by atoms with van der Waals surface area (Å²) in [7, 11) is 0. The molecule has 0 atom stereocenters. The Morgan fingerprint density at radius 3 is 1.00 bits per heavy atom. The van der Waals surface area contributed by atoms with Crippen LogP contribution in [0.3, 0.4) is 0 Å². The second-order valence-corrected chi connectivity index (χ2v) is 8.56. The first-order chi connectivity index (χ1) is 16.8. The molecule has 34 heavy (non-hydrogen) atoms. The molecule has 7 rings (SSSR count). The SMILES string of the molecule is c1c#cc2cccc3cc4cccc(c#cc5cccc6cc7cccc(c#1)c7cc56)c4cc23. The Kier molecular flexibility index (Phi) is 3.99. The fourth-order valence-electron chi connectivity index (χ4n) is 4.87. The van der Waals surface area contributed by atoms with Gasteiger partial charge in [-0.2, -0.15) is 0 Å². The predicted molar refractivity (Wildman–Crippen MR) is 142 cm³/mol. The lowest BCUT2D eigenvalue weighted by molar-refractivity contribution is 1.80. The van der Waals surface area contributed by atoms with Crippen LogP contribution in [0.25, 0.3) is 64.6 Å². The zero-order chi connectivity index (χ0) is 22.5. The third kappa shape index (κ3) is 2.93. The first-order valence-electron chi connectivity index (χ1n) is 11.3. The molecule has 0 saturated heterocycles.